The number of quaternary nitrogens is 1. The summed E-state index contributed by atoms with van der Waals surface area (Å²) in [5.74, 6) is 0.0895. The SMILES string of the molecule is Cc1ccc(C)c(NC(=O)C[NH+]2CCCC[C@@H]2c2nc3ccccc3s2)c1. The molecule has 27 heavy (non-hydrogen) atoms. The van der Waals surface area contributed by atoms with Crippen LogP contribution in [0.4, 0.5) is 5.69 Å². The molecule has 1 aliphatic rings. The second-order valence-corrected chi connectivity index (χ2v) is 8.58. The molecule has 0 bridgehead atoms. The predicted molar refractivity (Wildman–Crippen MR) is 111 cm³/mol. The first-order chi connectivity index (χ1) is 13.1. The molecule has 1 fully saturated rings. The van der Waals surface area contributed by atoms with Crippen molar-refractivity contribution in [1.82, 2.24) is 4.98 Å². The standard InChI is InChI=1S/C22H25N3OS/c1-15-10-11-16(2)18(13-15)23-21(26)14-25-12-6-5-8-19(25)22-24-17-7-3-4-9-20(17)27-22/h3-4,7,9-11,13,19H,5-6,8,12,14H2,1-2H3,(H,23,26)/p+1/t19-/m1/s1. The van der Waals surface area contributed by atoms with Crippen molar-refractivity contribution in [2.75, 3.05) is 18.4 Å². The van der Waals surface area contributed by atoms with Crippen LogP contribution in [0.25, 0.3) is 10.2 Å². The fraction of sp³-hybridized carbons (Fsp3) is 0.364. The summed E-state index contributed by atoms with van der Waals surface area (Å²) in [7, 11) is 0. The number of likely N-dealkylation sites (tertiary alicyclic amines) is 1. The lowest BCUT2D eigenvalue weighted by Gasteiger charge is -2.30. The maximum absolute atomic E-state index is 12.7. The zero-order valence-electron chi connectivity index (χ0n) is 15.9. The van der Waals surface area contributed by atoms with Gasteiger partial charge in [-0.15, -0.1) is 11.3 Å². The van der Waals surface area contributed by atoms with E-state index in [0.29, 0.717) is 12.6 Å². The Morgan fingerprint density at radius 2 is 2.07 bits per heavy atom. The molecule has 2 aromatic carbocycles. The number of hydrogen-bond donors (Lipinski definition) is 2. The molecule has 2 N–H and O–H groups in total. The third kappa shape index (κ3) is 4.04. The monoisotopic (exact) mass is 380 g/mol. The number of carbonyl (C=O) groups is 1. The summed E-state index contributed by atoms with van der Waals surface area (Å²) in [5, 5.41) is 4.29. The number of nitrogens with one attached hydrogen (secondary N) is 2. The maximum atomic E-state index is 12.7. The molecule has 3 aromatic rings. The molecule has 1 amide bonds. The number of benzene rings is 2. The molecule has 1 aromatic heterocycles. The molecule has 1 aliphatic heterocycles. The van der Waals surface area contributed by atoms with Crippen LogP contribution >= 0.6 is 11.3 Å². The van der Waals surface area contributed by atoms with Crippen LogP contribution in [-0.2, 0) is 4.79 Å². The van der Waals surface area contributed by atoms with Gasteiger partial charge in [0, 0.05) is 12.1 Å². The summed E-state index contributed by atoms with van der Waals surface area (Å²) in [6.45, 7) is 5.61. The number of nitrogens with zero attached hydrogens (tertiary/aromatic N) is 1. The van der Waals surface area contributed by atoms with E-state index in [9.17, 15) is 4.79 Å². The highest BCUT2D eigenvalue weighted by Gasteiger charge is 2.32. The number of aromatic nitrogens is 1. The highest BCUT2D eigenvalue weighted by atomic mass is 32.1. The number of hydrogen-bond acceptors (Lipinski definition) is 3. The first-order valence-corrected chi connectivity index (χ1v) is 10.5. The van der Waals surface area contributed by atoms with Gasteiger partial charge in [-0.25, -0.2) is 4.98 Å². The minimum absolute atomic E-state index is 0.0895. The highest BCUT2D eigenvalue weighted by molar-refractivity contribution is 7.18. The highest BCUT2D eigenvalue weighted by Crippen LogP contribution is 2.28. The molecule has 4 rings (SSSR count). The van der Waals surface area contributed by atoms with Crippen LogP contribution in [0.15, 0.2) is 42.5 Å². The Labute approximate surface area is 164 Å². The van der Waals surface area contributed by atoms with Gasteiger partial charge in [-0.2, -0.15) is 0 Å². The van der Waals surface area contributed by atoms with Crippen LogP contribution in [0.5, 0.6) is 0 Å². The molecular formula is C22H26N3OS+. The zero-order chi connectivity index (χ0) is 18.8. The Bertz CT molecular complexity index is 932. The average Bonchev–Trinajstić information content (AvgIpc) is 3.09. The van der Waals surface area contributed by atoms with E-state index in [1.807, 2.05) is 26.0 Å². The molecular weight excluding hydrogens is 354 g/mol. The van der Waals surface area contributed by atoms with Gasteiger partial charge in [0.15, 0.2) is 11.6 Å². The molecule has 2 atom stereocenters. The summed E-state index contributed by atoms with van der Waals surface area (Å²) >= 11 is 1.78. The van der Waals surface area contributed by atoms with Crippen LogP contribution < -0.4 is 10.2 Å². The van der Waals surface area contributed by atoms with Crippen molar-refractivity contribution >= 4 is 33.1 Å². The molecule has 2 heterocycles. The van der Waals surface area contributed by atoms with Crippen LogP contribution in [0.3, 0.4) is 0 Å². The summed E-state index contributed by atoms with van der Waals surface area (Å²) in [6.07, 6.45) is 3.49. The largest absolute Gasteiger partial charge is 0.321 e. The quantitative estimate of drug-likeness (QED) is 0.726. The van der Waals surface area contributed by atoms with Gasteiger partial charge in [0.2, 0.25) is 0 Å². The Hall–Kier alpha value is -2.24. The number of anilines is 1. The van der Waals surface area contributed by atoms with Crippen molar-refractivity contribution in [1.29, 1.82) is 0 Å². The summed E-state index contributed by atoms with van der Waals surface area (Å²) in [4.78, 5) is 19.0. The van der Waals surface area contributed by atoms with E-state index in [0.717, 1.165) is 35.3 Å². The number of amides is 1. The van der Waals surface area contributed by atoms with E-state index in [1.54, 1.807) is 11.3 Å². The van der Waals surface area contributed by atoms with Crippen LogP contribution in [0.1, 0.15) is 41.4 Å². The average molecular weight is 381 g/mol. The Kier molecular flexibility index (Phi) is 5.23. The number of piperidine rings is 1. The molecule has 5 heteroatoms. The molecule has 4 nitrogen and oxygen atoms in total. The van der Waals surface area contributed by atoms with Crippen LogP contribution in [0.2, 0.25) is 0 Å². The molecule has 0 radical (unpaired) electrons. The Balaban J connectivity index is 1.50. The lowest BCUT2D eigenvalue weighted by Crippen LogP contribution is -3.14. The van der Waals surface area contributed by atoms with E-state index < -0.39 is 0 Å². The van der Waals surface area contributed by atoms with Gasteiger partial charge in [-0.05, 0) is 56.0 Å². The smallest absolute Gasteiger partial charge is 0.279 e. The molecule has 0 spiro atoms. The van der Waals surface area contributed by atoms with Gasteiger partial charge in [0.1, 0.15) is 6.04 Å². The third-order valence-corrected chi connectivity index (χ3v) is 6.55. The van der Waals surface area contributed by atoms with E-state index in [4.69, 9.17) is 4.98 Å². The lowest BCUT2D eigenvalue weighted by atomic mass is 10.0. The predicted octanol–water partition coefficient (Wildman–Crippen LogP) is 3.66. The number of aryl methyl sites for hydroxylation is 2. The number of para-hydroxylation sites is 1. The molecule has 0 aliphatic carbocycles. The molecule has 1 saturated heterocycles. The summed E-state index contributed by atoms with van der Waals surface area (Å²) < 4.78 is 1.23. The fourth-order valence-electron chi connectivity index (χ4n) is 3.90. The minimum atomic E-state index is 0.0895. The fourth-order valence-corrected chi connectivity index (χ4v) is 5.06. The zero-order valence-corrected chi connectivity index (χ0v) is 16.7. The lowest BCUT2D eigenvalue weighted by molar-refractivity contribution is -0.929. The van der Waals surface area contributed by atoms with E-state index in [-0.39, 0.29) is 5.91 Å². The van der Waals surface area contributed by atoms with Gasteiger partial charge in [-0.1, -0.05) is 24.3 Å². The first kappa shape index (κ1) is 18.1. The minimum Gasteiger partial charge on any atom is -0.321 e. The van der Waals surface area contributed by atoms with Gasteiger partial charge >= 0.3 is 0 Å². The summed E-state index contributed by atoms with van der Waals surface area (Å²) in [6, 6.07) is 14.8. The van der Waals surface area contributed by atoms with Crippen molar-refractivity contribution in [3.8, 4) is 0 Å². The first-order valence-electron chi connectivity index (χ1n) is 9.67. The van der Waals surface area contributed by atoms with Gasteiger partial charge in [0.25, 0.3) is 5.91 Å². The second kappa shape index (κ2) is 7.79. The van der Waals surface area contributed by atoms with Crippen LogP contribution in [0, 0.1) is 13.8 Å². The van der Waals surface area contributed by atoms with Crippen molar-refractivity contribution in [3.05, 3.63) is 58.6 Å². The van der Waals surface area contributed by atoms with E-state index in [2.05, 4.69) is 35.6 Å². The van der Waals surface area contributed by atoms with Crippen molar-refractivity contribution < 1.29 is 9.69 Å². The van der Waals surface area contributed by atoms with Gasteiger partial charge in [0.05, 0.1) is 16.8 Å². The number of rotatable bonds is 4. The Morgan fingerprint density at radius 3 is 2.93 bits per heavy atom. The van der Waals surface area contributed by atoms with Gasteiger partial charge < -0.3 is 10.2 Å². The van der Waals surface area contributed by atoms with Crippen LogP contribution in [-0.4, -0.2) is 24.0 Å². The summed E-state index contributed by atoms with van der Waals surface area (Å²) in [5.41, 5.74) is 4.26. The number of fused-ring (bicyclic) bond motifs is 1. The number of thiazole rings is 1. The molecule has 1 unspecified atom stereocenters. The topological polar surface area (TPSA) is 46.4 Å². The van der Waals surface area contributed by atoms with Crippen molar-refractivity contribution in [3.63, 3.8) is 0 Å². The Morgan fingerprint density at radius 1 is 1.22 bits per heavy atom. The third-order valence-electron chi connectivity index (χ3n) is 5.40. The van der Waals surface area contributed by atoms with Gasteiger partial charge in [-0.3, -0.25) is 4.79 Å². The normalized spacial score (nSPS) is 19.9. The second-order valence-electron chi connectivity index (χ2n) is 7.52. The molecule has 140 valence electrons. The van der Waals surface area contributed by atoms with Crippen molar-refractivity contribution in [2.24, 2.45) is 0 Å². The van der Waals surface area contributed by atoms with E-state index in [1.165, 1.54) is 27.4 Å². The van der Waals surface area contributed by atoms with E-state index >= 15 is 0 Å². The number of carbonyl (C=O) groups excluding carboxylic acids is 1. The van der Waals surface area contributed by atoms with Crippen molar-refractivity contribution in [2.45, 2.75) is 39.2 Å². The molecule has 0 saturated carbocycles. The maximum Gasteiger partial charge on any atom is 0.279 e.